The monoisotopic (exact) mass is 391 g/mol. The molecule has 1 aliphatic rings. The van der Waals surface area contributed by atoms with E-state index in [0.717, 1.165) is 42.2 Å². The Labute approximate surface area is 164 Å². The predicted molar refractivity (Wildman–Crippen MR) is 109 cm³/mol. The van der Waals surface area contributed by atoms with Gasteiger partial charge in [0.2, 0.25) is 0 Å². The molecule has 1 aromatic heterocycles. The van der Waals surface area contributed by atoms with Gasteiger partial charge in [0.25, 0.3) is 5.91 Å². The molecule has 4 nitrogen and oxygen atoms in total. The molecule has 1 fully saturated rings. The fourth-order valence-electron chi connectivity index (χ4n) is 3.29. The molecule has 0 spiro atoms. The van der Waals surface area contributed by atoms with Crippen molar-refractivity contribution in [3.63, 3.8) is 0 Å². The standard InChI is InChI=1S/C20H26ClN3OS/c1-3-4-10-24-11-8-17(9-12-24)23-19(25)18-14(2)22-20(26-18)15-6-5-7-16(21)13-15/h5-7,13,17H,3-4,8-12H2,1-2H3,(H,23,25). The molecule has 0 bridgehead atoms. The number of aryl methyl sites for hydroxylation is 1. The quantitative estimate of drug-likeness (QED) is 0.771. The molecule has 140 valence electrons. The third-order valence-corrected chi connectivity index (χ3v) is 6.27. The molecule has 1 saturated heterocycles. The summed E-state index contributed by atoms with van der Waals surface area (Å²) in [6.07, 6.45) is 4.53. The smallest absolute Gasteiger partial charge is 0.263 e. The maximum atomic E-state index is 12.7. The summed E-state index contributed by atoms with van der Waals surface area (Å²) in [4.78, 5) is 20.5. The number of unbranched alkanes of at least 4 members (excludes halogenated alkanes) is 1. The number of hydrogen-bond donors (Lipinski definition) is 1. The molecule has 6 heteroatoms. The summed E-state index contributed by atoms with van der Waals surface area (Å²) in [6, 6.07) is 7.86. The average Bonchev–Trinajstić information content (AvgIpc) is 3.03. The van der Waals surface area contributed by atoms with Crippen molar-refractivity contribution in [3.8, 4) is 10.6 Å². The normalized spacial score (nSPS) is 16.0. The lowest BCUT2D eigenvalue weighted by Crippen LogP contribution is -2.44. The number of nitrogens with zero attached hydrogens (tertiary/aromatic N) is 2. The SMILES string of the molecule is CCCCN1CCC(NC(=O)c2sc(-c3cccc(Cl)c3)nc2C)CC1. The van der Waals surface area contributed by atoms with Gasteiger partial charge in [-0.15, -0.1) is 11.3 Å². The molecule has 1 N–H and O–H groups in total. The van der Waals surface area contributed by atoms with Crippen LogP contribution in [0.15, 0.2) is 24.3 Å². The molecule has 0 unspecified atom stereocenters. The van der Waals surface area contributed by atoms with E-state index in [1.807, 2.05) is 31.2 Å². The van der Waals surface area contributed by atoms with Crippen LogP contribution in [-0.4, -0.2) is 41.5 Å². The molecule has 0 aliphatic carbocycles. The molecule has 1 amide bonds. The molecule has 0 saturated carbocycles. The highest BCUT2D eigenvalue weighted by Crippen LogP contribution is 2.29. The van der Waals surface area contributed by atoms with Crippen LogP contribution < -0.4 is 5.32 Å². The highest BCUT2D eigenvalue weighted by atomic mass is 35.5. The molecule has 0 radical (unpaired) electrons. The van der Waals surface area contributed by atoms with Crippen LogP contribution in [0.25, 0.3) is 10.6 Å². The highest BCUT2D eigenvalue weighted by molar-refractivity contribution is 7.17. The van der Waals surface area contributed by atoms with Gasteiger partial charge in [-0.25, -0.2) is 4.98 Å². The van der Waals surface area contributed by atoms with Crippen LogP contribution in [0.4, 0.5) is 0 Å². The van der Waals surface area contributed by atoms with Gasteiger partial charge in [0.1, 0.15) is 9.88 Å². The second-order valence-electron chi connectivity index (χ2n) is 6.89. The number of piperidine rings is 1. The molecular weight excluding hydrogens is 366 g/mol. The van der Waals surface area contributed by atoms with Crippen LogP contribution in [0.3, 0.4) is 0 Å². The number of hydrogen-bond acceptors (Lipinski definition) is 4. The second-order valence-corrected chi connectivity index (χ2v) is 8.32. The van der Waals surface area contributed by atoms with Gasteiger partial charge < -0.3 is 10.2 Å². The molecule has 1 aliphatic heterocycles. The van der Waals surface area contributed by atoms with E-state index >= 15 is 0 Å². The van der Waals surface area contributed by atoms with Gasteiger partial charge in [0, 0.05) is 29.7 Å². The van der Waals surface area contributed by atoms with Gasteiger partial charge in [0.15, 0.2) is 0 Å². The molecule has 2 aromatic rings. The van der Waals surface area contributed by atoms with Gasteiger partial charge >= 0.3 is 0 Å². The van der Waals surface area contributed by atoms with Crippen LogP contribution in [0.2, 0.25) is 5.02 Å². The Kier molecular flexibility index (Phi) is 6.68. The minimum absolute atomic E-state index is 0.000265. The van der Waals surface area contributed by atoms with Crippen molar-refractivity contribution >= 4 is 28.8 Å². The topological polar surface area (TPSA) is 45.2 Å². The van der Waals surface area contributed by atoms with E-state index in [0.29, 0.717) is 9.90 Å². The minimum Gasteiger partial charge on any atom is -0.348 e. The van der Waals surface area contributed by atoms with Crippen molar-refractivity contribution in [1.29, 1.82) is 0 Å². The lowest BCUT2D eigenvalue weighted by Gasteiger charge is -2.32. The van der Waals surface area contributed by atoms with Crippen molar-refractivity contribution < 1.29 is 4.79 Å². The molecule has 0 atom stereocenters. The van der Waals surface area contributed by atoms with Crippen LogP contribution in [0.5, 0.6) is 0 Å². The Morgan fingerprint density at radius 2 is 2.15 bits per heavy atom. The lowest BCUT2D eigenvalue weighted by atomic mass is 10.0. The van der Waals surface area contributed by atoms with E-state index in [-0.39, 0.29) is 11.9 Å². The zero-order chi connectivity index (χ0) is 18.5. The van der Waals surface area contributed by atoms with Crippen molar-refractivity contribution in [1.82, 2.24) is 15.2 Å². The first-order valence-corrected chi connectivity index (χ1v) is 10.5. The van der Waals surface area contributed by atoms with Crippen molar-refractivity contribution in [2.75, 3.05) is 19.6 Å². The Morgan fingerprint density at radius 1 is 1.38 bits per heavy atom. The van der Waals surface area contributed by atoms with Gasteiger partial charge in [-0.3, -0.25) is 4.79 Å². The summed E-state index contributed by atoms with van der Waals surface area (Å²) < 4.78 is 0. The van der Waals surface area contributed by atoms with Crippen molar-refractivity contribution in [2.24, 2.45) is 0 Å². The largest absolute Gasteiger partial charge is 0.348 e. The molecular formula is C20H26ClN3OS. The Hall–Kier alpha value is -1.43. The first-order valence-electron chi connectivity index (χ1n) is 9.33. The van der Waals surface area contributed by atoms with E-state index < -0.39 is 0 Å². The third-order valence-electron chi connectivity index (χ3n) is 4.83. The number of aromatic nitrogens is 1. The number of halogens is 1. The van der Waals surface area contributed by atoms with Crippen molar-refractivity contribution in [3.05, 3.63) is 39.9 Å². The van der Waals surface area contributed by atoms with Gasteiger partial charge in [-0.1, -0.05) is 37.1 Å². The number of amides is 1. The maximum Gasteiger partial charge on any atom is 0.263 e. The lowest BCUT2D eigenvalue weighted by molar-refractivity contribution is 0.0914. The van der Waals surface area contributed by atoms with E-state index in [1.54, 1.807) is 0 Å². The average molecular weight is 392 g/mol. The highest BCUT2D eigenvalue weighted by Gasteiger charge is 2.23. The van der Waals surface area contributed by atoms with E-state index in [9.17, 15) is 4.79 Å². The van der Waals surface area contributed by atoms with E-state index in [4.69, 9.17) is 11.6 Å². The van der Waals surface area contributed by atoms with Gasteiger partial charge in [0.05, 0.1) is 5.69 Å². The van der Waals surface area contributed by atoms with Crippen LogP contribution in [-0.2, 0) is 0 Å². The Balaban J connectivity index is 1.61. The first-order chi connectivity index (χ1) is 12.6. The predicted octanol–water partition coefficient (Wildman–Crippen LogP) is 4.77. The van der Waals surface area contributed by atoms with Crippen molar-refractivity contribution in [2.45, 2.75) is 45.6 Å². The number of carbonyl (C=O) groups excluding carboxylic acids is 1. The first kappa shape index (κ1) is 19.3. The third kappa shape index (κ3) is 4.84. The number of carbonyl (C=O) groups is 1. The minimum atomic E-state index is 0.000265. The summed E-state index contributed by atoms with van der Waals surface area (Å²) in [6.45, 7) is 7.43. The summed E-state index contributed by atoms with van der Waals surface area (Å²) in [7, 11) is 0. The van der Waals surface area contributed by atoms with E-state index in [1.165, 1.54) is 30.7 Å². The summed E-state index contributed by atoms with van der Waals surface area (Å²) in [5, 5.41) is 4.72. The molecule has 26 heavy (non-hydrogen) atoms. The zero-order valence-corrected chi connectivity index (χ0v) is 17.0. The molecule has 1 aromatic carbocycles. The summed E-state index contributed by atoms with van der Waals surface area (Å²) >= 11 is 7.51. The number of benzene rings is 1. The number of thiazole rings is 1. The Morgan fingerprint density at radius 3 is 2.85 bits per heavy atom. The van der Waals surface area contributed by atoms with Crippen LogP contribution in [0.1, 0.15) is 48.0 Å². The molecule has 2 heterocycles. The fraction of sp³-hybridized carbons (Fsp3) is 0.500. The maximum absolute atomic E-state index is 12.7. The van der Waals surface area contributed by atoms with Gasteiger partial charge in [-0.2, -0.15) is 0 Å². The van der Waals surface area contributed by atoms with Gasteiger partial charge in [-0.05, 0) is 44.9 Å². The van der Waals surface area contributed by atoms with E-state index in [2.05, 4.69) is 22.1 Å². The molecule has 3 rings (SSSR count). The summed E-state index contributed by atoms with van der Waals surface area (Å²) in [5.41, 5.74) is 1.73. The number of likely N-dealkylation sites (tertiary alicyclic amines) is 1. The zero-order valence-electron chi connectivity index (χ0n) is 15.4. The van der Waals surface area contributed by atoms with Crippen LogP contribution >= 0.6 is 22.9 Å². The fourth-order valence-corrected chi connectivity index (χ4v) is 4.44. The second kappa shape index (κ2) is 8.98. The van der Waals surface area contributed by atoms with Crippen LogP contribution in [0, 0.1) is 6.92 Å². The Bertz CT molecular complexity index is 753. The number of rotatable bonds is 6. The summed E-state index contributed by atoms with van der Waals surface area (Å²) in [5.74, 6) is 0.000265. The number of nitrogens with one attached hydrogen (secondary N) is 1.